The molecule has 0 aliphatic heterocycles. The molecule has 2 N–H and O–H groups in total. The predicted molar refractivity (Wildman–Crippen MR) is 78.5 cm³/mol. The molecule has 1 aromatic carbocycles. The molecule has 19 heavy (non-hydrogen) atoms. The first-order valence-corrected chi connectivity index (χ1v) is 6.78. The number of aliphatic hydroxyl groups excluding tert-OH is 1. The SMILES string of the molecule is CC(C)CC(O)CNc1nc(Cl)nc2ccccc12. The van der Waals surface area contributed by atoms with Crippen LogP contribution in [0.4, 0.5) is 5.82 Å². The molecular formula is C14H18ClN3O. The van der Waals surface area contributed by atoms with E-state index in [9.17, 15) is 5.11 Å². The molecule has 0 radical (unpaired) electrons. The highest BCUT2D eigenvalue weighted by atomic mass is 35.5. The second-order valence-electron chi connectivity index (χ2n) is 5.02. The van der Waals surface area contributed by atoms with Gasteiger partial charge in [-0.25, -0.2) is 9.97 Å². The Kier molecular flexibility index (Phi) is 4.56. The highest BCUT2D eigenvalue weighted by molar-refractivity contribution is 6.28. The summed E-state index contributed by atoms with van der Waals surface area (Å²) in [7, 11) is 0. The Bertz CT molecular complexity index is 559. The van der Waals surface area contributed by atoms with Gasteiger partial charge in [-0.05, 0) is 36.1 Å². The van der Waals surface area contributed by atoms with Crippen molar-refractivity contribution in [2.45, 2.75) is 26.4 Å². The number of nitrogens with one attached hydrogen (secondary N) is 1. The summed E-state index contributed by atoms with van der Waals surface area (Å²) in [4.78, 5) is 8.35. The van der Waals surface area contributed by atoms with Gasteiger partial charge in [0, 0.05) is 11.9 Å². The summed E-state index contributed by atoms with van der Waals surface area (Å²) in [5, 5.41) is 14.1. The number of aromatic nitrogens is 2. The molecule has 0 fully saturated rings. The molecule has 0 spiro atoms. The lowest BCUT2D eigenvalue weighted by molar-refractivity contribution is 0.161. The molecule has 1 unspecified atom stereocenters. The maximum absolute atomic E-state index is 9.88. The third kappa shape index (κ3) is 3.78. The van der Waals surface area contributed by atoms with E-state index in [0.717, 1.165) is 17.3 Å². The molecule has 1 atom stereocenters. The van der Waals surface area contributed by atoms with Gasteiger partial charge in [-0.3, -0.25) is 0 Å². The van der Waals surface area contributed by atoms with Crippen molar-refractivity contribution < 1.29 is 5.11 Å². The molecule has 1 heterocycles. The minimum Gasteiger partial charge on any atom is -0.391 e. The molecule has 0 saturated heterocycles. The molecule has 2 rings (SSSR count). The first-order chi connectivity index (χ1) is 9.06. The normalized spacial score (nSPS) is 12.9. The largest absolute Gasteiger partial charge is 0.391 e. The van der Waals surface area contributed by atoms with Gasteiger partial charge < -0.3 is 10.4 Å². The van der Waals surface area contributed by atoms with E-state index in [4.69, 9.17) is 11.6 Å². The fraction of sp³-hybridized carbons (Fsp3) is 0.429. The van der Waals surface area contributed by atoms with Crippen LogP contribution >= 0.6 is 11.6 Å². The van der Waals surface area contributed by atoms with E-state index in [1.807, 2.05) is 24.3 Å². The second kappa shape index (κ2) is 6.17. The van der Waals surface area contributed by atoms with Gasteiger partial charge in [0.15, 0.2) is 0 Å². The van der Waals surface area contributed by atoms with Crippen LogP contribution in [0.3, 0.4) is 0 Å². The quantitative estimate of drug-likeness (QED) is 0.826. The molecule has 2 aromatic rings. The van der Waals surface area contributed by atoms with Crippen molar-refractivity contribution in [1.82, 2.24) is 9.97 Å². The molecule has 0 aliphatic rings. The summed E-state index contributed by atoms with van der Waals surface area (Å²) in [5.74, 6) is 1.13. The number of anilines is 1. The third-order valence-corrected chi connectivity index (χ3v) is 2.99. The zero-order chi connectivity index (χ0) is 13.8. The summed E-state index contributed by atoms with van der Waals surface area (Å²) in [6.45, 7) is 4.62. The molecule has 4 nitrogen and oxygen atoms in total. The number of rotatable bonds is 5. The fourth-order valence-corrected chi connectivity index (χ4v) is 2.20. The van der Waals surface area contributed by atoms with Gasteiger partial charge in [0.2, 0.25) is 5.28 Å². The van der Waals surface area contributed by atoms with Crippen molar-refractivity contribution in [1.29, 1.82) is 0 Å². The first-order valence-electron chi connectivity index (χ1n) is 6.40. The lowest BCUT2D eigenvalue weighted by Gasteiger charge is -2.15. The van der Waals surface area contributed by atoms with Crippen molar-refractivity contribution in [2.75, 3.05) is 11.9 Å². The molecule has 1 aromatic heterocycles. The van der Waals surface area contributed by atoms with E-state index in [2.05, 4.69) is 29.1 Å². The molecule has 102 valence electrons. The summed E-state index contributed by atoms with van der Waals surface area (Å²) < 4.78 is 0. The Balaban J connectivity index is 2.16. The van der Waals surface area contributed by atoms with E-state index in [0.29, 0.717) is 18.3 Å². The molecule has 0 saturated carbocycles. The van der Waals surface area contributed by atoms with Crippen LogP contribution in [0.5, 0.6) is 0 Å². The van der Waals surface area contributed by atoms with Crippen molar-refractivity contribution in [2.24, 2.45) is 5.92 Å². The lowest BCUT2D eigenvalue weighted by atomic mass is 10.1. The fourth-order valence-electron chi connectivity index (χ4n) is 2.02. The van der Waals surface area contributed by atoms with Crippen molar-refractivity contribution in [3.8, 4) is 0 Å². The number of aliphatic hydroxyl groups is 1. The number of hydrogen-bond donors (Lipinski definition) is 2. The predicted octanol–water partition coefficient (Wildman–Crippen LogP) is 3.10. The summed E-state index contributed by atoms with van der Waals surface area (Å²) in [5.41, 5.74) is 0.795. The van der Waals surface area contributed by atoms with Crippen LogP contribution in [0.15, 0.2) is 24.3 Å². The third-order valence-electron chi connectivity index (χ3n) is 2.82. The van der Waals surface area contributed by atoms with E-state index in [-0.39, 0.29) is 5.28 Å². The van der Waals surface area contributed by atoms with E-state index in [1.54, 1.807) is 0 Å². The number of benzene rings is 1. The Morgan fingerprint density at radius 2 is 2.00 bits per heavy atom. The highest BCUT2D eigenvalue weighted by Gasteiger charge is 2.10. The van der Waals surface area contributed by atoms with Crippen LogP contribution in [0.1, 0.15) is 20.3 Å². The monoisotopic (exact) mass is 279 g/mol. The van der Waals surface area contributed by atoms with Gasteiger partial charge in [-0.1, -0.05) is 26.0 Å². The molecule has 0 bridgehead atoms. The molecule has 5 heteroatoms. The van der Waals surface area contributed by atoms with Crippen LogP contribution in [0.2, 0.25) is 5.28 Å². The van der Waals surface area contributed by atoms with Crippen LogP contribution in [-0.2, 0) is 0 Å². The summed E-state index contributed by atoms with van der Waals surface area (Å²) in [6, 6.07) is 7.65. The molecule has 0 amide bonds. The standard InChI is InChI=1S/C14H18ClN3O/c1-9(2)7-10(19)8-16-13-11-5-3-4-6-12(11)17-14(15)18-13/h3-6,9-10,19H,7-8H2,1-2H3,(H,16,17,18). The van der Waals surface area contributed by atoms with E-state index in [1.165, 1.54) is 0 Å². The van der Waals surface area contributed by atoms with Crippen LogP contribution in [0.25, 0.3) is 10.9 Å². The zero-order valence-electron chi connectivity index (χ0n) is 11.1. The first kappa shape index (κ1) is 14.0. The van der Waals surface area contributed by atoms with Gasteiger partial charge in [0.25, 0.3) is 0 Å². The highest BCUT2D eigenvalue weighted by Crippen LogP contribution is 2.21. The maximum atomic E-state index is 9.88. The van der Waals surface area contributed by atoms with E-state index < -0.39 is 6.10 Å². The maximum Gasteiger partial charge on any atom is 0.224 e. The Morgan fingerprint density at radius 1 is 1.26 bits per heavy atom. The summed E-state index contributed by atoms with van der Waals surface area (Å²) in [6.07, 6.45) is 0.358. The van der Waals surface area contributed by atoms with Crippen molar-refractivity contribution in [3.63, 3.8) is 0 Å². The number of hydrogen-bond acceptors (Lipinski definition) is 4. The Morgan fingerprint density at radius 3 is 2.74 bits per heavy atom. The van der Waals surface area contributed by atoms with Gasteiger partial charge in [0.05, 0.1) is 11.6 Å². The molecular weight excluding hydrogens is 262 g/mol. The topological polar surface area (TPSA) is 58.0 Å². The minimum absolute atomic E-state index is 0.208. The van der Waals surface area contributed by atoms with Gasteiger partial charge in [-0.15, -0.1) is 0 Å². The van der Waals surface area contributed by atoms with Crippen molar-refractivity contribution >= 4 is 28.3 Å². The minimum atomic E-state index is -0.396. The Labute approximate surface area is 117 Å². The summed E-state index contributed by atoms with van der Waals surface area (Å²) >= 11 is 5.90. The number of fused-ring (bicyclic) bond motifs is 1. The number of halogens is 1. The lowest BCUT2D eigenvalue weighted by Crippen LogP contribution is -2.21. The molecule has 0 aliphatic carbocycles. The second-order valence-corrected chi connectivity index (χ2v) is 5.36. The smallest absolute Gasteiger partial charge is 0.224 e. The van der Waals surface area contributed by atoms with Crippen molar-refractivity contribution in [3.05, 3.63) is 29.5 Å². The number of nitrogens with zero attached hydrogens (tertiary/aromatic N) is 2. The van der Waals surface area contributed by atoms with Gasteiger partial charge in [-0.2, -0.15) is 0 Å². The van der Waals surface area contributed by atoms with E-state index >= 15 is 0 Å². The zero-order valence-corrected chi connectivity index (χ0v) is 11.9. The van der Waals surface area contributed by atoms with Gasteiger partial charge in [0.1, 0.15) is 5.82 Å². The average Bonchev–Trinajstić information content (AvgIpc) is 2.35. The average molecular weight is 280 g/mol. The van der Waals surface area contributed by atoms with Crippen LogP contribution in [0, 0.1) is 5.92 Å². The van der Waals surface area contributed by atoms with Crippen LogP contribution in [-0.4, -0.2) is 27.7 Å². The van der Waals surface area contributed by atoms with Crippen LogP contribution < -0.4 is 5.32 Å². The Hall–Kier alpha value is -1.39. The number of para-hydroxylation sites is 1. The van der Waals surface area contributed by atoms with Gasteiger partial charge >= 0.3 is 0 Å².